The molecular formula is C12H17N3O2S2. The van der Waals surface area contributed by atoms with Gasteiger partial charge in [0.05, 0.1) is 6.10 Å². The summed E-state index contributed by atoms with van der Waals surface area (Å²) in [6, 6.07) is 0. The molecule has 0 saturated carbocycles. The minimum Gasteiger partial charge on any atom is -0.384 e. The summed E-state index contributed by atoms with van der Waals surface area (Å²) in [4.78, 5) is 12.5. The van der Waals surface area contributed by atoms with E-state index in [2.05, 4.69) is 11.9 Å². The first-order valence-electron chi connectivity index (χ1n) is 6.13. The zero-order valence-corrected chi connectivity index (χ0v) is 12.2. The Hall–Kier alpha value is -1.18. The third-order valence-electron chi connectivity index (χ3n) is 2.97. The van der Waals surface area contributed by atoms with E-state index in [0.29, 0.717) is 27.7 Å². The predicted octanol–water partition coefficient (Wildman–Crippen LogP) is 1.96. The highest BCUT2D eigenvalue weighted by atomic mass is 32.1. The van der Waals surface area contributed by atoms with E-state index in [0.717, 1.165) is 19.4 Å². The summed E-state index contributed by atoms with van der Waals surface area (Å²) >= 11 is 6.41. The van der Waals surface area contributed by atoms with Crippen LogP contribution in [-0.4, -0.2) is 29.7 Å². The van der Waals surface area contributed by atoms with Crippen molar-refractivity contribution in [3.05, 3.63) is 21.5 Å². The number of nitrogens with one attached hydrogen (secondary N) is 1. The first kappa shape index (κ1) is 14.2. The first-order chi connectivity index (χ1) is 9.13. The minimum atomic E-state index is -0.188. The fraction of sp³-hybridized carbons (Fsp3) is 0.500. The zero-order valence-electron chi connectivity index (χ0n) is 10.6. The average Bonchev–Trinajstić information content (AvgIpc) is 2.99. The van der Waals surface area contributed by atoms with Gasteiger partial charge in [0.15, 0.2) is 3.95 Å². The Balaban J connectivity index is 2.04. The molecule has 3 N–H and O–H groups in total. The average molecular weight is 299 g/mol. The fourth-order valence-electron chi connectivity index (χ4n) is 1.97. The Morgan fingerprint density at radius 2 is 2.53 bits per heavy atom. The van der Waals surface area contributed by atoms with Crippen molar-refractivity contribution in [3.8, 4) is 0 Å². The zero-order chi connectivity index (χ0) is 13.8. The molecule has 0 unspecified atom stereocenters. The summed E-state index contributed by atoms with van der Waals surface area (Å²) in [5.74, 6) is 0.214. The second-order valence-corrected chi connectivity index (χ2v) is 5.97. The molecule has 2 rings (SSSR count). The van der Waals surface area contributed by atoms with Crippen molar-refractivity contribution in [2.45, 2.75) is 25.5 Å². The summed E-state index contributed by atoms with van der Waals surface area (Å²) in [5.41, 5.74) is 5.94. The molecule has 0 aliphatic carbocycles. The van der Waals surface area contributed by atoms with Gasteiger partial charge in [-0.05, 0) is 25.1 Å². The van der Waals surface area contributed by atoms with E-state index in [9.17, 15) is 4.79 Å². The topological polar surface area (TPSA) is 69.3 Å². The van der Waals surface area contributed by atoms with Gasteiger partial charge in [-0.15, -0.1) is 6.58 Å². The summed E-state index contributed by atoms with van der Waals surface area (Å²) in [6.45, 7) is 5.45. The Kier molecular flexibility index (Phi) is 4.73. The smallest absolute Gasteiger partial charge is 0.265 e. The number of thiazole rings is 1. The van der Waals surface area contributed by atoms with Crippen LogP contribution in [0.25, 0.3) is 0 Å². The van der Waals surface area contributed by atoms with Gasteiger partial charge in [0.2, 0.25) is 0 Å². The van der Waals surface area contributed by atoms with Crippen LogP contribution in [0.1, 0.15) is 22.5 Å². The Morgan fingerprint density at radius 3 is 3.16 bits per heavy atom. The Bertz CT molecular complexity index is 530. The molecule has 7 heteroatoms. The normalized spacial score (nSPS) is 18.4. The maximum Gasteiger partial charge on any atom is 0.265 e. The quantitative estimate of drug-likeness (QED) is 0.644. The molecule has 0 bridgehead atoms. The van der Waals surface area contributed by atoms with Gasteiger partial charge in [0.25, 0.3) is 5.91 Å². The van der Waals surface area contributed by atoms with Gasteiger partial charge in [-0.2, -0.15) is 0 Å². The van der Waals surface area contributed by atoms with Gasteiger partial charge in [0, 0.05) is 19.7 Å². The molecule has 1 atom stereocenters. The number of allylic oxidation sites excluding steroid dienone is 1. The molecule has 5 nitrogen and oxygen atoms in total. The molecule has 1 amide bonds. The molecule has 1 saturated heterocycles. The van der Waals surface area contributed by atoms with Crippen molar-refractivity contribution in [1.82, 2.24) is 9.88 Å². The van der Waals surface area contributed by atoms with Crippen LogP contribution in [-0.2, 0) is 11.3 Å². The van der Waals surface area contributed by atoms with Crippen LogP contribution < -0.4 is 11.1 Å². The van der Waals surface area contributed by atoms with Crippen LogP contribution in [0.5, 0.6) is 0 Å². The van der Waals surface area contributed by atoms with Crippen molar-refractivity contribution in [2.75, 3.05) is 18.9 Å². The molecule has 1 fully saturated rings. The molecule has 0 aromatic carbocycles. The number of amides is 1. The van der Waals surface area contributed by atoms with Crippen molar-refractivity contribution in [3.63, 3.8) is 0 Å². The van der Waals surface area contributed by atoms with Crippen LogP contribution in [0, 0.1) is 3.95 Å². The monoisotopic (exact) mass is 299 g/mol. The third kappa shape index (κ3) is 3.23. The van der Waals surface area contributed by atoms with E-state index >= 15 is 0 Å². The van der Waals surface area contributed by atoms with Crippen LogP contribution in [0.2, 0.25) is 0 Å². The van der Waals surface area contributed by atoms with E-state index in [1.807, 2.05) is 0 Å². The Morgan fingerprint density at radius 1 is 1.74 bits per heavy atom. The molecule has 1 aromatic heterocycles. The number of rotatable bonds is 5. The standard InChI is InChI=1S/C12H17N3O2S2/c1-2-5-15-10(13)9(19-12(15)18)11(16)14-7-8-4-3-6-17-8/h2,8H,1,3-7,13H2,(H,14,16)/t8-/m1/s1. The van der Waals surface area contributed by atoms with Crippen LogP contribution in [0.3, 0.4) is 0 Å². The molecule has 0 radical (unpaired) electrons. The second kappa shape index (κ2) is 6.31. The van der Waals surface area contributed by atoms with Crippen LogP contribution in [0.4, 0.5) is 5.82 Å². The maximum atomic E-state index is 12.1. The highest BCUT2D eigenvalue weighted by Gasteiger charge is 2.20. The highest BCUT2D eigenvalue weighted by molar-refractivity contribution is 7.73. The van der Waals surface area contributed by atoms with E-state index < -0.39 is 0 Å². The number of anilines is 1. The number of nitrogens with zero attached hydrogens (tertiary/aromatic N) is 1. The van der Waals surface area contributed by atoms with Crippen molar-refractivity contribution < 1.29 is 9.53 Å². The summed E-state index contributed by atoms with van der Waals surface area (Å²) in [6.07, 6.45) is 3.86. The fourth-order valence-corrected chi connectivity index (χ4v) is 3.23. The first-order valence-corrected chi connectivity index (χ1v) is 7.35. The van der Waals surface area contributed by atoms with Gasteiger partial charge in [-0.1, -0.05) is 17.4 Å². The summed E-state index contributed by atoms with van der Waals surface area (Å²) in [7, 11) is 0. The molecule has 19 heavy (non-hydrogen) atoms. The molecule has 104 valence electrons. The second-order valence-electron chi connectivity index (χ2n) is 4.33. The maximum absolute atomic E-state index is 12.1. The number of aromatic nitrogens is 1. The van der Waals surface area contributed by atoms with E-state index in [1.165, 1.54) is 11.3 Å². The minimum absolute atomic E-state index is 0.119. The SMILES string of the molecule is C=CCn1c(N)c(C(=O)NC[C@H]2CCCO2)sc1=S. The van der Waals surface area contributed by atoms with Crippen molar-refractivity contribution in [1.29, 1.82) is 0 Å². The Labute approximate surface area is 121 Å². The number of hydrogen-bond donors (Lipinski definition) is 2. The van der Waals surface area contributed by atoms with E-state index in [4.69, 9.17) is 22.7 Å². The lowest BCUT2D eigenvalue weighted by molar-refractivity contribution is 0.0861. The lowest BCUT2D eigenvalue weighted by atomic mass is 10.2. The lowest BCUT2D eigenvalue weighted by Crippen LogP contribution is -2.31. The van der Waals surface area contributed by atoms with Crippen LogP contribution in [0.15, 0.2) is 12.7 Å². The van der Waals surface area contributed by atoms with Gasteiger partial charge in [-0.3, -0.25) is 4.79 Å². The third-order valence-corrected chi connectivity index (χ3v) is 4.43. The van der Waals surface area contributed by atoms with Crippen molar-refractivity contribution in [2.24, 2.45) is 0 Å². The number of ether oxygens (including phenoxy) is 1. The molecule has 1 aliphatic heterocycles. The van der Waals surface area contributed by atoms with E-state index in [-0.39, 0.29) is 12.0 Å². The molecule has 0 spiro atoms. The van der Waals surface area contributed by atoms with Crippen LogP contribution >= 0.6 is 23.6 Å². The predicted molar refractivity (Wildman–Crippen MR) is 79.1 cm³/mol. The summed E-state index contributed by atoms with van der Waals surface area (Å²) in [5, 5.41) is 2.85. The number of carbonyl (C=O) groups is 1. The molecule has 2 heterocycles. The van der Waals surface area contributed by atoms with Crippen molar-refractivity contribution >= 4 is 35.3 Å². The van der Waals surface area contributed by atoms with Gasteiger partial charge < -0.3 is 20.4 Å². The largest absolute Gasteiger partial charge is 0.384 e. The highest BCUT2D eigenvalue weighted by Crippen LogP contribution is 2.22. The molecule has 1 aliphatic rings. The molecule has 1 aromatic rings. The number of hydrogen-bond acceptors (Lipinski definition) is 5. The van der Waals surface area contributed by atoms with Gasteiger partial charge in [-0.25, -0.2) is 0 Å². The van der Waals surface area contributed by atoms with Gasteiger partial charge >= 0.3 is 0 Å². The molecular weight excluding hydrogens is 282 g/mol. The summed E-state index contributed by atoms with van der Waals surface area (Å²) < 4.78 is 7.74. The number of nitrogen functional groups attached to an aromatic ring is 1. The number of nitrogens with two attached hydrogens (primary N) is 1. The van der Waals surface area contributed by atoms with Gasteiger partial charge in [0.1, 0.15) is 10.7 Å². The lowest BCUT2D eigenvalue weighted by Gasteiger charge is -2.10. The van der Waals surface area contributed by atoms with E-state index in [1.54, 1.807) is 10.6 Å². The number of carbonyl (C=O) groups excluding carboxylic acids is 1.